The summed E-state index contributed by atoms with van der Waals surface area (Å²) in [6, 6.07) is 9.35. The second-order valence-corrected chi connectivity index (χ2v) is 4.47. The van der Waals surface area contributed by atoms with E-state index in [0.29, 0.717) is 22.2 Å². The van der Waals surface area contributed by atoms with Crippen LogP contribution < -0.4 is 5.73 Å². The van der Waals surface area contributed by atoms with Crippen LogP contribution in [-0.4, -0.2) is 4.98 Å². The molecule has 3 aromatic rings. The number of hydrogen-bond acceptors (Lipinski definition) is 3. The lowest BCUT2D eigenvalue weighted by molar-refractivity contribution is 0.591. The first-order valence-corrected chi connectivity index (χ1v) is 5.98. The number of hydrogen-bond donors (Lipinski definition) is 1. The quantitative estimate of drug-likeness (QED) is 0.685. The van der Waals surface area contributed by atoms with E-state index in [1.807, 2.05) is 30.3 Å². The summed E-state index contributed by atoms with van der Waals surface area (Å²) in [6.07, 6.45) is 7.02. The molecule has 0 spiro atoms. The summed E-state index contributed by atoms with van der Waals surface area (Å²) in [5.41, 5.74) is 8.80. The van der Waals surface area contributed by atoms with Crippen molar-refractivity contribution in [3.8, 4) is 23.5 Å². The Hall–Kier alpha value is -2.44. The number of pyridine rings is 1. The lowest BCUT2D eigenvalue weighted by Crippen LogP contribution is -1.88. The molecule has 0 aliphatic heterocycles. The number of nitrogen functional groups attached to an aromatic ring is 1. The molecular weight excluding hydrogens is 260 g/mol. The maximum Gasteiger partial charge on any atom is 0.230 e. The van der Waals surface area contributed by atoms with Crippen LogP contribution in [0.25, 0.3) is 22.2 Å². The molecule has 0 saturated carbocycles. The van der Waals surface area contributed by atoms with Gasteiger partial charge in [-0.1, -0.05) is 23.7 Å². The predicted molar refractivity (Wildman–Crippen MR) is 76.8 cm³/mol. The molecule has 0 saturated heterocycles. The monoisotopic (exact) mass is 268 g/mol. The van der Waals surface area contributed by atoms with E-state index in [1.54, 1.807) is 6.20 Å². The fourth-order valence-corrected chi connectivity index (χ4v) is 2.15. The summed E-state index contributed by atoms with van der Waals surface area (Å²) in [4.78, 5) is 4.15. The molecule has 0 aliphatic carbocycles. The summed E-state index contributed by atoms with van der Waals surface area (Å²) in [5.74, 6) is 2.73. The number of halogens is 1. The van der Waals surface area contributed by atoms with Crippen molar-refractivity contribution in [3.05, 3.63) is 47.3 Å². The largest absolute Gasteiger partial charge is 0.427 e. The molecule has 0 unspecified atom stereocenters. The maximum absolute atomic E-state index is 6.02. The minimum Gasteiger partial charge on any atom is -0.427 e. The summed E-state index contributed by atoms with van der Waals surface area (Å²) >= 11 is 5.89. The number of aromatic nitrogens is 1. The molecule has 2 aromatic heterocycles. The zero-order chi connectivity index (χ0) is 13.4. The third-order valence-corrected chi connectivity index (χ3v) is 3.17. The molecule has 0 bridgehead atoms. The highest BCUT2D eigenvalue weighted by molar-refractivity contribution is 6.30. The van der Waals surface area contributed by atoms with Gasteiger partial charge in [-0.3, -0.25) is 0 Å². The van der Waals surface area contributed by atoms with E-state index in [-0.39, 0.29) is 0 Å². The van der Waals surface area contributed by atoms with Crippen LogP contribution in [0.5, 0.6) is 0 Å². The molecule has 4 heteroatoms. The Bertz CT molecular complexity index is 797. The predicted octanol–water partition coefficient (Wildman–Crippen LogP) is 3.71. The van der Waals surface area contributed by atoms with Gasteiger partial charge in [0, 0.05) is 11.2 Å². The first-order valence-electron chi connectivity index (χ1n) is 5.60. The first-order chi connectivity index (χ1) is 9.20. The lowest BCUT2D eigenvalue weighted by Gasteiger charge is -2.03. The van der Waals surface area contributed by atoms with E-state index in [9.17, 15) is 0 Å². The number of anilines is 1. The molecule has 0 aliphatic rings. The van der Waals surface area contributed by atoms with Crippen LogP contribution in [0.3, 0.4) is 0 Å². The van der Waals surface area contributed by atoms with Crippen molar-refractivity contribution < 1.29 is 4.42 Å². The number of nitrogens with zero attached hydrogens (tertiary/aromatic N) is 1. The van der Waals surface area contributed by atoms with Gasteiger partial charge in [0.25, 0.3) is 0 Å². The third kappa shape index (κ3) is 1.83. The minimum absolute atomic E-state index is 0.309. The van der Waals surface area contributed by atoms with E-state index < -0.39 is 0 Å². The third-order valence-electron chi connectivity index (χ3n) is 2.92. The van der Waals surface area contributed by atoms with Gasteiger partial charge < -0.3 is 10.2 Å². The van der Waals surface area contributed by atoms with Crippen molar-refractivity contribution >= 4 is 28.4 Å². The molecule has 2 heterocycles. The van der Waals surface area contributed by atoms with Gasteiger partial charge in [0.2, 0.25) is 11.5 Å². The Morgan fingerprint density at radius 3 is 2.63 bits per heavy atom. The molecular formula is C15H9ClN2O. The van der Waals surface area contributed by atoms with Crippen LogP contribution in [0, 0.1) is 12.3 Å². The van der Waals surface area contributed by atoms with Gasteiger partial charge in [0.15, 0.2) is 0 Å². The van der Waals surface area contributed by atoms with Crippen molar-refractivity contribution in [2.24, 2.45) is 0 Å². The van der Waals surface area contributed by atoms with Gasteiger partial charge in [-0.05, 0) is 35.2 Å². The fraction of sp³-hybridized carbons (Fsp3) is 0. The average molecular weight is 269 g/mol. The first kappa shape index (κ1) is 11.6. The standard InChI is InChI=1S/C15H9ClN2O/c1-2-12-14(17)13-11(7-8-18-15(13)19-12)9-3-5-10(16)6-4-9/h1,3-8H,17H2. The van der Waals surface area contributed by atoms with Crippen molar-refractivity contribution in [2.75, 3.05) is 5.73 Å². The molecule has 3 nitrogen and oxygen atoms in total. The zero-order valence-corrected chi connectivity index (χ0v) is 10.6. The Kier molecular flexibility index (Phi) is 2.66. The molecule has 0 radical (unpaired) electrons. The number of rotatable bonds is 1. The molecule has 0 atom stereocenters. The van der Waals surface area contributed by atoms with E-state index >= 15 is 0 Å². The zero-order valence-electron chi connectivity index (χ0n) is 9.85. The Morgan fingerprint density at radius 1 is 1.21 bits per heavy atom. The van der Waals surface area contributed by atoms with Crippen LogP contribution in [0.2, 0.25) is 5.02 Å². The molecule has 2 N–H and O–H groups in total. The molecule has 0 fully saturated rings. The Labute approximate surface area is 115 Å². The van der Waals surface area contributed by atoms with Crippen molar-refractivity contribution in [1.82, 2.24) is 4.98 Å². The molecule has 92 valence electrons. The summed E-state index contributed by atoms with van der Waals surface area (Å²) in [6.45, 7) is 0. The van der Waals surface area contributed by atoms with E-state index in [0.717, 1.165) is 16.5 Å². The van der Waals surface area contributed by atoms with Crippen LogP contribution in [0.4, 0.5) is 5.69 Å². The molecule has 0 amide bonds. The SMILES string of the molecule is C#Cc1oc2nccc(-c3ccc(Cl)cc3)c2c1N. The Balaban J connectivity index is 2.33. The number of furan rings is 1. The van der Waals surface area contributed by atoms with Crippen LogP contribution >= 0.6 is 11.6 Å². The smallest absolute Gasteiger partial charge is 0.230 e. The van der Waals surface area contributed by atoms with E-state index in [2.05, 4.69) is 10.9 Å². The normalized spacial score (nSPS) is 10.5. The van der Waals surface area contributed by atoms with Gasteiger partial charge in [-0.15, -0.1) is 6.42 Å². The van der Waals surface area contributed by atoms with Gasteiger partial charge >= 0.3 is 0 Å². The topological polar surface area (TPSA) is 52.0 Å². The summed E-state index contributed by atoms with van der Waals surface area (Å²) < 4.78 is 5.44. The van der Waals surface area contributed by atoms with Crippen LogP contribution in [0.1, 0.15) is 5.76 Å². The average Bonchev–Trinajstić information content (AvgIpc) is 2.76. The van der Waals surface area contributed by atoms with Gasteiger partial charge in [0.1, 0.15) is 0 Å². The minimum atomic E-state index is 0.309. The van der Waals surface area contributed by atoms with E-state index in [1.165, 1.54) is 0 Å². The van der Waals surface area contributed by atoms with Crippen LogP contribution in [0.15, 0.2) is 40.9 Å². The fourth-order valence-electron chi connectivity index (χ4n) is 2.02. The van der Waals surface area contributed by atoms with E-state index in [4.69, 9.17) is 28.2 Å². The molecule has 1 aromatic carbocycles. The summed E-state index contributed by atoms with van der Waals surface area (Å²) in [5, 5.41) is 1.41. The number of benzene rings is 1. The second kappa shape index (κ2) is 4.34. The van der Waals surface area contributed by atoms with Gasteiger partial charge in [0.05, 0.1) is 11.1 Å². The molecule has 3 rings (SSSR count). The van der Waals surface area contributed by atoms with Crippen molar-refractivity contribution in [3.63, 3.8) is 0 Å². The van der Waals surface area contributed by atoms with Crippen LogP contribution in [-0.2, 0) is 0 Å². The Morgan fingerprint density at radius 2 is 1.95 bits per heavy atom. The van der Waals surface area contributed by atoms with Gasteiger partial charge in [-0.25, -0.2) is 4.98 Å². The number of fused-ring (bicyclic) bond motifs is 1. The van der Waals surface area contributed by atoms with Crippen molar-refractivity contribution in [2.45, 2.75) is 0 Å². The lowest BCUT2D eigenvalue weighted by atomic mass is 10.0. The summed E-state index contributed by atoms with van der Waals surface area (Å²) in [7, 11) is 0. The molecule has 19 heavy (non-hydrogen) atoms. The highest BCUT2D eigenvalue weighted by Gasteiger charge is 2.15. The van der Waals surface area contributed by atoms with Crippen molar-refractivity contribution in [1.29, 1.82) is 0 Å². The van der Waals surface area contributed by atoms with Gasteiger partial charge in [-0.2, -0.15) is 0 Å². The maximum atomic E-state index is 6.02. The number of nitrogens with two attached hydrogens (primary N) is 1. The highest BCUT2D eigenvalue weighted by Crippen LogP contribution is 2.35. The second-order valence-electron chi connectivity index (χ2n) is 4.03. The number of terminal acetylenes is 1. The highest BCUT2D eigenvalue weighted by atomic mass is 35.5.